The molecule has 0 saturated heterocycles. The van der Waals surface area contributed by atoms with Crippen molar-refractivity contribution >= 4 is 15.9 Å². The van der Waals surface area contributed by atoms with E-state index in [-0.39, 0.29) is 10.5 Å². The molecule has 2 nitrogen and oxygen atoms in total. The number of nitrogens with zero attached hydrogens (tertiary/aromatic N) is 1. The van der Waals surface area contributed by atoms with E-state index in [4.69, 9.17) is 0 Å². The molecule has 0 saturated carbocycles. The molecule has 1 atom stereocenters. The van der Waals surface area contributed by atoms with Crippen molar-refractivity contribution in [1.82, 2.24) is 10.3 Å². The quantitative estimate of drug-likeness (QED) is 0.869. The van der Waals surface area contributed by atoms with Crippen molar-refractivity contribution in [2.75, 3.05) is 7.05 Å². The zero-order valence-electron chi connectivity index (χ0n) is 10.5. The van der Waals surface area contributed by atoms with E-state index in [1.807, 2.05) is 19.1 Å². The fourth-order valence-corrected chi connectivity index (χ4v) is 2.47. The largest absolute Gasteiger partial charge is 0.309 e. The predicted octanol–water partition coefficient (Wildman–Crippen LogP) is 3.74. The molecule has 0 aliphatic heterocycles. The van der Waals surface area contributed by atoms with Gasteiger partial charge in [-0.05, 0) is 53.2 Å². The second kappa shape index (κ2) is 5.75. The van der Waals surface area contributed by atoms with Crippen molar-refractivity contribution in [2.45, 2.75) is 13.0 Å². The summed E-state index contributed by atoms with van der Waals surface area (Å²) in [6, 6.07) is 6.23. The molecule has 1 unspecified atom stereocenters. The van der Waals surface area contributed by atoms with Gasteiger partial charge in [0.2, 0.25) is 0 Å². The van der Waals surface area contributed by atoms with Crippen molar-refractivity contribution in [3.8, 4) is 0 Å². The molecule has 19 heavy (non-hydrogen) atoms. The topological polar surface area (TPSA) is 24.9 Å². The van der Waals surface area contributed by atoms with Crippen LogP contribution >= 0.6 is 15.9 Å². The van der Waals surface area contributed by atoms with Gasteiger partial charge < -0.3 is 5.32 Å². The van der Waals surface area contributed by atoms with Gasteiger partial charge in [0, 0.05) is 11.9 Å². The first kappa shape index (κ1) is 14.1. The maximum absolute atomic E-state index is 13.6. The van der Waals surface area contributed by atoms with Gasteiger partial charge in [-0.25, -0.2) is 8.78 Å². The van der Waals surface area contributed by atoms with E-state index >= 15 is 0 Å². The molecule has 5 heteroatoms. The summed E-state index contributed by atoms with van der Waals surface area (Å²) in [5.74, 6) is -1.75. The van der Waals surface area contributed by atoms with Crippen LogP contribution in [0.1, 0.15) is 22.9 Å². The Morgan fingerprint density at radius 3 is 2.53 bits per heavy atom. The summed E-state index contributed by atoms with van der Waals surface area (Å²) < 4.78 is 26.9. The number of pyridine rings is 1. The highest BCUT2D eigenvalue weighted by molar-refractivity contribution is 9.10. The summed E-state index contributed by atoms with van der Waals surface area (Å²) in [5.41, 5.74) is 2.43. The van der Waals surface area contributed by atoms with Crippen LogP contribution in [0.25, 0.3) is 0 Å². The molecule has 0 fully saturated rings. The van der Waals surface area contributed by atoms with E-state index in [1.165, 1.54) is 0 Å². The number of halogens is 3. The van der Waals surface area contributed by atoms with Crippen LogP contribution in [0, 0.1) is 18.6 Å². The minimum absolute atomic E-state index is 0.132. The molecule has 0 aliphatic carbocycles. The van der Waals surface area contributed by atoms with Crippen LogP contribution in [0.3, 0.4) is 0 Å². The summed E-state index contributed by atoms with van der Waals surface area (Å²) in [4.78, 5) is 4.22. The fourth-order valence-electron chi connectivity index (χ4n) is 1.92. The lowest BCUT2D eigenvalue weighted by molar-refractivity contribution is 0.499. The van der Waals surface area contributed by atoms with E-state index in [0.717, 1.165) is 17.3 Å². The van der Waals surface area contributed by atoms with Gasteiger partial charge in [0.25, 0.3) is 0 Å². The molecule has 2 rings (SSSR count). The smallest absolute Gasteiger partial charge is 0.173 e. The molecule has 0 aliphatic rings. The first-order valence-corrected chi connectivity index (χ1v) is 6.57. The summed E-state index contributed by atoms with van der Waals surface area (Å²) in [6.45, 7) is 1.89. The number of nitrogens with one attached hydrogen (secondary N) is 1. The van der Waals surface area contributed by atoms with E-state index in [2.05, 4.69) is 26.2 Å². The lowest BCUT2D eigenvalue weighted by Crippen LogP contribution is -2.19. The van der Waals surface area contributed by atoms with Crippen LogP contribution in [0.2, 0.25) is 0 Å². The number of aryl methyl sites for hydroxylation is 1. The standard InChI is InChI=1S/C14H13BrF2N2/c1-8-3-4-9(7-19-8)14(18-2)10-5-6-11(16)13(17)12(10)15/h3-7,14,18H,1-2H3. The second-order valence-electron chi connectivity index (χ2n) is 4.22. The van der Waals surface area contributed by atoms with Crippen molar-refractivity contribution < 1.29 is 8.78 Å². The molecule has 0 bridgehead atoms. The molecule has 2 aromatic rings. The Bertz CT molecular complexity index is 585. The molecule has 0 radical (unpaired) electrons. The Kier molecular flexibility index (Phi) is 4.27. The first-order chi connectivity index (χ1) is 9.04. The van der Waals surface area contributed by atoms with Gasteiger partial charge >= 0.3 is 0 Å². The van der Waals surface area contributed by atoms with E-state index < -0.39 is 11.6 Å². The molecule has 1 aromatic heterocycles. The molecule has 1 N–H and O–H groups in total. The van der Waals surface area contributed by atoms with Crippen LogP contribution in [-0.4, -0.2) is 12.0 Å². The van der Waals surface area contributed by atoms with Crippen LogP contribution in [0.15, 0.2) is 34.9 Å². The van der Waals surface area contributed by atoms with E-state index in [9.17, 15) is 8.78 Å². The third-order valence-corrected chi connectivity index (χ3v) is 3.74. The van der Waals surface area contributed by atoms with E-state index in [0.29, 0.717) is 5.56 Å². The molecule has 100 valence electrons. The third kappa shape index (κ3) is 2.82. The Balaban J connectivity index is 2.48. The van der Waals surface area contributed by atoms with Gasteiger partial charge in [0.15, 0.2) is 11.6 Å². The summed E-state index contributed by atoms with van der Waals surface area (Å²) in [6.07, 6.45) is 1.73. The highest BCUT2D eigenvalue weighted by atomic mass is 79.9. The minimum atomic E-state index is -0.877. The lowest BCUT2D eigenvalue weighted by atomic mass is 10.00. The summed E-state index contributed by atoms with van der Waals surface area (Å²) >= 11 is 3.11. The van der Waals surface area contributed by atoms with Gasteiger partial charge in [-0.1, -0.05) is 12.1 Å². The maximum atomic E-state index is 13.6. The lowest BCUT2D eigenvalue weighted by Gasteiger charge is -2.19. The van der Waals surface area contributed by atoms with Crippen LogP contribution in [-0.2, 0) is 0 Å². The number of hydrogen-bond acceptors (Lipinski definition) is 2. The van der Waals surface area contributed by atoms with Gasteiger partial charge in [0.1, 0.15) is 0 Å². The van der Waals surface area contributed by atoms with Crippen LogP contribution < -0.4 is 5.32 Å². The zero-order valence-corrected chi connectivity index (χ0v) is 12.1. The normalized spacial score (nSPS) is 12.5. The van der Waals surface area contributed by atoms with Crippen molar-refractivity contribution in [3.63, 3.8) is 0 Å². The Hall–Kier alpha value is -1.33. The van der Waals surface area contributed by atoms with Gasteiger partial charge in [-0.3, -0.25) is 4.98 Å². The second-order valence-corrected chi connectivity index (χ2v) is 5.01. The van der Waals surface area contributed by atoms with Crippen molar-refractivity contribution in [3.05, 3.63) is 63.4 Å². The van der Waals surface area contributed by atoms with Crippen molar-refractivity contribution in [1.29, 1.82) is 0 Å². The maximum Gasteiger partial charge on any atom is 0.173 e. The average molecular weight is 327 g/mol. The average Bonchev–Trinajstić information content (AvgIpc) is 2.41. The number of rotatable bonds is 3. The molecule has 0 spiro atoms. The SMILES string of the molecule is CNC(c1ccc(C)nc1)c1ccc(F)c(F)c1Br. The van der Waals surface area contributed by atoms with Crippen LogP contribution in [0.4, 0.5) is 8.78 Å². The molecule has 0 amide bonds. The summed E-state index contributed by atoms with van der Waals surface area (Å²) in [7, 11) is 1.76. The summed E-state index contributed by atoms with van der Waals surface area (Å²) in [5, 5.41) is 3.08. The number of aromatic nitrogens is 1. The predicted molar refractivity (Wildman–Crippen MR) is 73.9 cm³/mol. The van der Waals surface area contributed by atoms with Gasteiger partial charge in [-0.2, -0.15) is 0 Å². The van der Waals surface area contributed by atoms with Gasteiger partial charge in [-0.15, -0.1) is 0 Å². The Morgan fingerprint density at radius 1 is 1.21 bits per heavy atom. The monoisotopic (exact) mass is 326 g/mol. The third-order valence-electron chi connectivity index (χ3n) is 2.93. The number of hydrogen-bond donors (Lipinski definition) is 1. The number of benzene rings is 1. The first-order valence-electron chi connectivity index (χ1n) is 5.77. The van der Waals surface area contributed by atoms with Gasteiger partial charge in [0.05, 0.1) is 10.5 Å². The Morgan fingerprint density at radius 2 is 1.95 bits per heavy atom. The highest BCUT2D eigenvalue weighted by Crippen LogP contribution is 2.31. The van der Waals surface area contributed by atoms with Crippen LogP contribution in [0.5, 0.6) is 0 Å². The van der Waals surface area contributed by atoms with E-state index in [1.54, 1.807) is 19.3 Å². The molecule has 1 aromatic carbocycles. The molecular weight excluding hydrogens is 314 g/mol. The minimum Gasteiger partial charge on any atom is -0.309 e. The molecular formula is C14H13BrF2N2. The van der Waals surface area contributed by atoms with Crippen molar-refractivity contribution in [2.24, 2.45) is 0 Å². The molecule has 1 heterocycles. The highest BCUT2D eigenvalue weighted by Gasteiger charge is 2.19. The Labute approximate surface area is 119 Å². The zero-order chi connectivity index (χ0) is 14.0. The fraction of sp³-hybridized carbons (Fsp3) is 0.214.